The van der Waals surface area contributed by atoms with Crippen LogP contribution in [0.25, 0.3) is 0 Å². The molecule has 0 saturated heterocycles. The van der Waals surface area contributed by atoms with Crippen molar-refractivity contribution < 1.29 is 9.18 Å². The third-order valence-electron chi connectivity index (χ3n) is 3.45. The average Bonchev–Trinajstić information content (AvgIpc) is 2.92. The van der Waals surface area contributed by atoms with Crippen LogP contribution in [-0.2, 0) is 0 Å². The summed E-state index contributed by atoms with van der Waals surface area (Å²) in [4.78, 5) is 14.0. The van der Waals surface area contributed by atoms with Crippen LogP contribution in [0, 0.1) is 17.1 Å². The van der Waals surface area contributed by atoms with E-state index in [-0.39, 0.29) is 28.5 Å². The van der Waals surface area contributed by atoms with E-state index in [1.807, 2.05) is 6.07 Å². The molecule has 0 N–H and O–H groups in total. The molecule has 0 spiro atoms. The summed E-state index contributed by atoms with van der Waals surface area (Å²) in [6, 6.07) is 6.51. The van der Waals surface area contributed by atoms with E-state index in [0.717, 1.165) is 25.7 Å². The summed E-state index contributed by atoms with van der Waals surface area (Å²) in [6.07, 6.45) is 3.98. The van der Waals surface area contributed by atoms with Crippen LogP contribution in [0.1, 0.15) is 36.0 Å². The lowest BCUT2D eigenvalue weighted by Gasteiger charge is -2.26. The lowest BCUT2D eigenvalue weighted by molar-refractivity contribution is 0.0708. The van der Waals surface area contributed by atoms with E-state index in [9.17, 15) is 9.18 Å². The molecule has 1 aromatic carbocycles. The maximum Gasteiger partial charge on any atom is 0.256 e. The van der Waals surface area contributed by atoms with Crippen molar-refractivity contribution in [2.24, 2.45) is 0 Å². The number of carbonyl (C=O) groups excluding carboxylic acids is 1. The predicted molar refractivity (Wildman–Crippen MR) is 73.0 cm³/mol. The first-order valence-electron chi connectivity index (χ1n) is 6.27. The number of rotatable bonds is 3. The highest BCUT2D eigenvalue weighted by molar-refractivity contribution is 9.10. The molecule has 0 radical (unpaired) electrons. The average molecular weight is 325 g/mol. The van der Waals surface area contributed by atoms with Gasteiger partial charge in [0.2, 0.25) is 0 Å². The Morgan fingerprint density at radius 3 is 2.79 bits per heavy atom. The van der Waals surface area contributed by atoms with Crippen molar-refractivity contribution in [1.82, 2.24) is 4.90 Å². The monoisotopic (exact) mass is 324 g/mol. The molecule has 2 rings (SSSR count). The summed E-state index contributed by atoms with van der Waals surface area (Å²) in [5, 5.41) is 8.89. The first kappa shape index (κ1) is 14.0. The summed E-state index contributed by atoms with van der Waals surface area (Å²) in [5.41, 5.74) is 0.280. The minimum atomic E-state index is -0.464. The highest BCUT2D eigenvalue weighted by Gasteiger charge is 2.28. The number of halogens is 2. The lowest BCUT2D eigenvalue weighted by Crippen LogP contribution is -2.39. The number of hydrogen-bond donors (Lipinski definition) is 0. The maximum atomic E-state index is 13.5. The quantitative estimate of drug-likeness (QED) is 0.799. The molecule has 0 bridgehead atoms. The zero-order valence-electron chi connectivity index (χ0n) is 10.4. The molecule has 0 aliphatic heterocycles. The van der Waals surface area contributed by atoms with Crippen LogP contribution in [0.5, 0.6) is 0 Å². The van der Waals surface area contributed by atoms with Crippen LogP contribution >= 0.6 is 15.9 Å². The highest BCUT2D eigenvalue weighted by Crippen LogP contribution is 2.27. The Morgan fingerprint density at radius 1 is 1.47 bits per heavy atom. The van der Waals surface area contributed by atoms with Crippen LogP contribution in [0.15, 0.2) is 22.7 Å². The van der Waals surface area contributed by atoms with Crippen molar-refractivity contribution in [3.8, 4) is 6.07 Å². The number of benzene rings is 1. The molecule has 19 heavy (non-hydrogen) atoms. The second-order valence-electron chi connectivity index (χ2n) is 4.63. The first-order valence-corrected chi connectivity index (χ1v) is 7.06. The Labute approximate surface area is 120 Å². The fourth-order valence-corrected chi connectivity index (χ4v) is 2.92. The molecular weight excluding hydrogens is 311 g/mol. The van der Waals surface area contributed by atoms with Gasteiger partial charge in [-0.1, -0.05) is 18.9 Å². The molecule has 3 nitrogen and oxygen atoms in total. The Kier molecular flexibility index (Phi) is 4.54. The van der Waals surface area contributed by atoms with Gasteiger partial charge in [-0.15, -0.1) is 0 Å². The number of nitrogens with zero attached hydrogens (tertiary/aromatic N) is 2. The first-order chi connectivity index (χ1) is 9.15. The lowest BCUT2D eigenvalue weighted by atomic mass is 10.1. The highest BCUT2D eigenvalue weighted by atomic mass is 79.9. The Hall–Kier alpha value is -1.41. The van der Waals surface area contributed by atoms with Crippen molar-refractivity contribution in [2.45, 2.75) is 31.7 Å². The number of nitriles is 1. The van der Waals surface area contributed by atoms with Gasteiger partial charge in [-0.3, -0.25) is 4.79 Å². The molecular formula is C14H14BrFN2O. The molecule has 0 heterocycles. The predicted octanol–water partition coefficient (Wildman–Crippen LogP) is 3.50. The van der Waals surface area contributed by atoms with Crippen molar-refractivity contribution in [3.05, 3.63) is 34.1 Å². The second kappa shape index (κ2) is 6.16. The van der Waals surface area contributed by atoms with Gasteiger partial charge in [-0.2, -0.15) is 5.26 Å². The summed E-state index contributed by atoms with van der Waals surface area (Å²) in [6.45, 7) is 0.0481. The molecule has 5 heteroatoms. The van der Waals surface area contributed by atoms with Gasteiger partial charge in [0.15, 0.2) is 0 Å². The zero-order valence-corrected chi connectivity index (χ0v) is 12.0. The Bertz CT molecular complexity index is 521. The fraction of sp³-hybridized carbons (Fsp3) is 0.429. The van der Waals surface area contributed by atoms with Crippen LogP contribution in [0.2, 0.25) is 0 Å². The van der Waals surface area contributed by atoms with E-state index < -0.39 is 5.82 Å². The topological polar surface area (TPSA) is 44.1 Å². The van der Waals surface area contributed by atoms with Crippen molar-refractivity contribution in [1.29, 1.82) is 5.26 Å². The number of amides is 1. The van der Waals surface area contributed by atoms with Gasteiger partial charge < -0.3 is 4.90 Å². The van der Waals surface area contributed by atoms with Gasteiger partial charge >= 0.3 is 0 Å². The minimum Gasteiger partial charge on any atom is -0.322 e. The third kappa shape index (κ3) is 2.95. The third-order valence-corrected chi connectivity index (χ3v) is 4.26. The molecule has 100 valence electrons. The van der Waals surface area contributed by atoms with Gasteiger partial charge in [-0.05, 0) is 40.9 Å². The van der Waals surface area contributed by atoms with Crippen LogP contribution in [-0.4, -0.2) is 23.4 Å². The standard InChI is InChI=1S/C14H14BrFN2O/c15-13-11(6-3-7-12(13)16)14(19)18(9-8-17)10-4-1-2-5-10/h3,6-7,10H,1-2,4-5,9H2. The van der Waals surface area contributed by atoms with Gasteiger partial charge in [0.1, 0.15) is 12.4 Å². The van der Waals surface area contributed by atoms with E-state index in [1.54, 1.807) is 11.0 Å². The second-order valence-corrected chi connectivity index (χ2v) is 5.42. The van der Waals surface area contributed by atoms with Gasteiger partial charge in [-0.25, -0.2) is 4.39 Å². The van der Waals surface area contributed by atoms with E-state index in [0.29, 0.717) is 0 Å². The number of hydrogen-bond acceptors (Lipinski definition) is 2. The van der Waals surface area contributed by atoms with E-state index >= 15 is 0 Å². The molecule has 0 unspecified atom stereocenters. The molecule has 1 fully saturated rings. The largest absolute Gasteiger partial charge is 0.322 e. The Morgan fingerprint density at radius 2 is 2.16 bits per heavy atom. The SMILES string of the molecule is N#CCN(C(=O)c1cccc(F)c1Br)C1CCCC1. The fourth-order valence-electron chi connectivity index (χ4n) is 2.48. The van der Waals surface area contributed by atoms with Crippen LogP contribution < -0.4 is 0 Å². The smallest absolute Gasteiger partial charge is 0.256 e. The molecule has 0 atom stereocenters. The van der Waals surface area contributed by atoms with Crippen molar-refractivity contribution in [3.63, 3.8) is 0 Å². The summed E-state index contributed by atoms with van der Waals surface area (Å²) < 4.78 is 13.7. The molecule has 1 aliphatic rings. The van der Waals surface area contributed by atoms with Gasteiger partial charge in [0, 0.05) is 6.04 Å². The van der Waals surface area contributed by atoms with E-state index in [4.69, 9.17) is 5.26 Å². The normalized spacial score (nSPS) is 15.2. The van der Waals surface area contributed by atoms with Crippen molar-refractivity contribution >= 4 is 21.8 Å². The molecule has 1 aliphatic carbocycles. The van der Waals surface area contributed by atoms with Crippen LogP contribution in [0.4, 0.5) is 4.39 Å². The van der Waals surface area contributed by atoms with E-state index in [2.05, 4.69) is 15.9 Å². The minimum absolute atomic E-state index is 0.0481. The zero-order chi connectivity index (χ0) is 13.8. The van der Waals surface area contributed by atoms with Crippen LogP contribution in [0.3, 0.4) is 0 Å². The summed E-state index contributed by atoms with van der Waals surface area (Å²) >= 11 is 3.10. The maximum absolute atomic E-state index is 13.5. The number of carbonyl (C=O) groups is 1. The van der Waals surface area contributed by atoms with Crippen molar-refractivity contribution in [2.75, 3.05) is 6.54 Å². The summed E-state index contributed by atoms with van der Waals surface area (Å²) in [7, 11) is 0. The Balaban J connectivity index is 2.28. The molecule has 1 saturated carbocycles. The molecule has 1 aromatic rings. The molecule has 0 aromatic heterocycles. The van der Waals surface area contributed by atoms with Gasteiger partial charge in [0.25, 0.3) is 5.91 Å². The van der Waals surface area contributed by atoms with E-state index in [1.165, 1.54) is 12.1 Å². The van der Waals surface area contributed by atoms with Gasteiger partial charge in [0.05, 0.1) is 16.1 Å². The molecule has 1 amide bonds. The summed E-state index contributed by atoms with van der Waals surface area (Å²) in [5.74, 6) is -0.742.